The molecule has 0 saturated heterocycles. The Labute approximate surface area is 81.6 Å². The Morgan fingerprint density at radius 3 is 2.71 bits per heavy atom. The van der Waals surface area contributed by atoms with E-state index in [4.69, 9.17) is 0 Å². The molecule has 1 fully saturated rings. The van der Waals surface area contributed by atoms with Gasteiger partial charge in [0.1, 0.15) is 0 Å². The van der Waals surface area contributed by atoms with Crippen LogP contribution in [0.1, 0.15) is 23.2 Å². The van der Waals surface area contributed by atoms with Crippen LogP contribution in [0.2, 0.25) is 0 Å². The predicted octanol–water partition coefficient (Wildman–Crippen LogP) is 0.609. The maximum atomic E-state index is 11.7. The number of carbonyl (C=O) groups excluding carboxylic acids is 1. The zero-order chi connectivity index (χ0) is 10.1. The Morgan fingerprint density at radius 1 is 1.50 bits per heavy atom. The Bertz CT molecular complexity index is 386. The van der Waals surface area contributed by atoms with Gasteiger partial charge >= 0.3 is 0 Å². The van der Waals surface area contributed by atoms with Crippen molar-refractivity contribution >= 4 is 5.91 Å². The third-order valence-electron chi connectivity index (χ3n) is 2.45. The fourth-order valence-corrected chi connectivity index (χ4v) is 1.37. The van der Waals surface area contributed by atoms with Crippen LogP contribution in [-0.4, -0.2) is 28.9 Å². The summed E-state index contributed by atoms with van der Waals surface area (Å²) >= 11 is 0. The fourth-order valence-electron chi connectivity index (χ4n) is 1.37. The zero-order valence-corrected chi connectivity index (χ0v) is 7.99. The van der Waals surface area contributed by atoms with Crippen molar-refractivity contribution in [1.29, 1.82) is 0 Å². The van der Waals surface area contributed by atoms with E-state index >= 15 is 0 Å². The molecule has 1 aromatic rings. The molecule has 0 spiro atoms. The van der Waals surface area contributed by atoms with E-state index in [-0.39, 0.29) is 11.5 Å². The summed E-state index contributed by atoms with van der Waals surface area (Å²) in [5, 5.41) is 0. The summed E-state index contributed by atoms with van der Waals surface area (Å²) < 4.78 is 0. The standard InChI is InChI=1S/C10H12N2O2/c1-12(8-3-4-8)10(14)7-2-5-9(13)11-6-7/h2,5-6,8H,3-4H2,1H3,(H,11,13). The van der Waals surface area contributed by atoms with Crippen molar-refractivity contribution in [3.63, 3.8) is 0 Å². The van der Waals surface area contributed by atoms with Gasteiger partial charge in [0.05, 0.1) is 5.56 Å². The second-order valence-electron chi connectivity index (χ2n) is 3.59. The number of hydrogen-bond acceptors (Lipinski definition) is 2. The first-order valence-corrected chi connectivity index (χ1v) is 4.64. The molecule has 1 aliphatic carbocycles. The first kappa shape index (κ1) is 8.99. The fraction of sp³-hybridized carbons (Fsp3) is 0.400. The number of amides is 1. The molecule has 4 heteroatoms. The van der Waals surface area contributed by atoms with Crippen LogP contribution in [0, 0.1) is 0 Å². The zero-order valence-electron chi connectivity index (χ0n) is 7.99. The number of carbonyl (C=O) groups is 1. The predicted molar refractivity (Wildman–Crippen MR) is 52.2 cm³/mol. The molecule has 1 N–H and O–H groups in total. The molecule has 0 radical (unpaired) electrons. The second kappa shape index (κ2) is 3.29. The van der Waals surface area contributed by atoms with Gasteiger partial charge in [0, 0.05) is 25.4 Å². The van der Waals surface area contributed by atoms with Crippen molar-refractivity contribution in [3.8, 4) is 0 Å². The van der Waals surface area contributed by atoms with Crippen LogP contribution < -0.4 is 5.56 Å². The van der Waals surface area contributed by atoms with Crippen LogP contribution >= 0.6 is 0 Å². The topological polar surface area (TPSA) is 53.2 Å². The molecule has 1 amide bonds. The van der Waals surface area contributed by atoms with Crippen LogP contribution in [-0.2, 0) is 0 Å². The van der Waals surface area contributed by atoms with Crippen molar-refractivity contribution < 1.29 is 4.79 Å². The molecule has 0 aromatic carbocycles. The van der Waals surface area contributed by atoms with Gasteiger partial charge in [0.15, 0.2) is 0 Å². The number of hydrogen-bond donors (Lipinski definition) is 1. The van der Waals surface area contributed by atoms with Crippen LogP contribution in [0.5, 0.6) is 0 Å². The van der Waals surface area contributed by atoms with E-state index < -0.39 is 0 Å². The van der Waals surface area contributed by atoms with Gasteiger partial charge in [-0.1, -0.05) is 0 Å². The summed E-state index contributed by atoms with van der Waals surface area (Å²) in [4.78, 5) is 26.7. The lowest BCUT2D eigenvalue weighted by atomic mass is 10.2. The minimum atomic E-state index is -0.185. The molecule has 2 rings (SSSR count). The van der Waals surface area contributed by atoms with E-state index in [9.17, 15) is 9.59 Å². The molecule has 1 heterocycles. The lowest BCUT2D eigenvalue weighted by Crippen LogP contribution is -2.29. The second-order valence-corrected chi connectivity index (χ2v) is 3.59. The van der Waals surface area contributed by atoms with Gasteiger partial charge in [-0.05, 0) is 18.9 Å². The summed E-state index contributed by atoms with van der Waals surface area (Å²) in [6.07, 6.45) is 3.64. The number of nitrogens with one attached hydrogen (secondary N) is 1. The van der Waals surface area contributed by atoms with Gasteiger partial charge in [-0.15, -0.1) is 0 Å². The van der Waals surface area contributed by atoms with Gasteiger partial charge < -0.3 is 9.88 Å². The molecule has 1 aliphatic rings. The SMILES string of the molecule is CN(C(=O)c1ccc(=O)[nH]c1)C1CC1. The summed E-state index contributed by atoms with van der Waals surface area (Å²) in [5.41, 5.74) is 0.356. The first-order chi connectivity index (χ1) is 6.68. The van der Waals surface area contributed by atoms with E-state index in [0.29, 0.717) is 11.6 Å². The average molecular weight is 192 g/mol. The molecular weight excluding hydrogens is 180 g/mol. The van der Waals surface area contributed by atoms with Crippen LogP contribution in [0.15, 0.2) is 23.1 Å². The van der Waals surface area contributed by atoms with Crippen LogP contribution in [0.25, 0.3) is 0 Å². The summed E-state index contributed by atoms with van der Waals surface area (Å²) in [5.74, 6) is -0.0243. The maximum Gasteiger partial charge on any atom is 0.255 e. The monoisotopic (exact) mass is 192 g/mol. The van der Waals surface area contributed by atoms with E-state index in [2.05, 4.69) is 4.98 Å². The van der Waals surface area contributed by atoms with E-state index in [1.165, 1.54) is 12.3 Å². The average Bonchev–Trinajstić information content (AvgIpc) is 3.00. The Balaban J connectivity index is 2.17. The summed E-state index contributed by atoms with van der Waals surface area (Å²) in [7, 11) is 1.80. The molecule has 0 atom stereocenters. The van der Waals surface area contributed by atoms with Gasteiger partial charge in [-0.25, -0.2) is 0 Å². The highest BCUT2D eigenvalue weighted by atomic mass is 16.2. The molecule has 4 nitrogen and oxygen atoms in total. The minimum Gasteiger partial charge on any atom is -0.339 e. The molecule has 1 saturated carbocycles. The van der Waals surface area contributed by atoms with Gasteiger partial charge in [0.25, 0.3) is 5.91 Å². The Hall–Kier alpha value is -1.58. The smallest absolute Gasteiger partial charge is 0.255 e. The van der Waals surface area contributed by atoms with Gasteiger partial charge in [-0.2, -0.15) is 0 Å². The van der Waals surface area contributed by atoms with E-state index in [1.807, 2.05) is 0 Å². The molecule has 1 aromatic heterocycles. The van der Waals surface area contributed by atoms with E-state index in [0.717, 1.165) is 12.8 Å². The summed E-state index contributed by atoms with van der Waals surface area (Å²) in [6.45, 7) is 0. The maximum absolute atomic E-state index is 11.7. The van der Waals surface area contributed by atoms with Gasteiger partial charge in [-0.3, -0.25) is 9.59 Å². The Morgan fingerprint density at radius 2 is 2.21 bits per heavy atom. The quantitative estimate of drug-likeness (QED) is 0.746. The third kappa shape index (κ3) is 1.69. The molecule has 14 heavy (non-hydrogen) atoms. The minimum absolute atomic E-state index is 0.0243. The number of aromatic amines is 1. The first-order valence-electron chi connectivity index (χ1n) is 4.64. The number of nitrogens with zero attached hydrogens (tertiary/aromatic N) is 1. The van der Waals surface area contributed by atoms with E-state index in [1.54, 1.807) is 18.0 Å². The number of pyridine rings is 1. The molecule has 74 valence electrons. The highest BCUT2D eigenvalue weighted by Gasteiger charge is 2.29. The molecule has 0 aliphatic heterocycles. The molecule has 0 unspecified atom stereocenters. The molecule has 0 bridgehead atoms. The number of aromatic nitrogens is 1. The van der Waals surface area contributed by atoms with Crippen molar-refractivity contribution in [2.75, 3.05) is 7.05 Å². The van der Waals surface area contributed by atoms with Crippen molar-refractivity contribution in [2.45, 2.75) is 18.9 Å². The summed E-state index contributed by atoms with van der Waals surface area (Å²) in [6, 6.07) is 3.32. The highest BCUT2D eigenvalue weighted by molar-refractivity contribution is 5.94. The van der Waals surface area contributed by atoms with Crippen LogP contribution in [0.4, 0.5) is 0 Å². The lowest BCUT2D eigenvalue weighted by molar-refractivity contribution is 0.0784. The van der Waals surface area contributed by atoms with Crippen LogP contribution in [0.3, 0.4) is 0 Å². The number of H-pyrrole nitrogens is 1. The van der Waals surface area contributed by atoms with Crippen molar-refractivity contribution in [1.82, 2.24) is 9.88 Å². The Kier molecular flexibility index (Phi) is 2.11. The van der Waals surface area contributed by atoms with Crippen molar-refractivity contribution in [3.05, 3.63) is 34.2 Å². The number of rotatable bonds is 2. The highest BCUT2D eigenvalue weighted by Crippen LogP contribution is 2.26. The largest absolute Gasteiger partial charge is 0.339 e. The molecular formula is C10H12N2O2. The lowest BCUT2D eigenvalue weighted by Gasteiger charge is -2.15. The van der Waals surface area contributed by atoms with Gasteiger partial charge in [0.2, 0.25) is 5.56 Å². The normalized spacial score (nSPS) is 15.2. The van der Waals surface area contributed by atoms with Crippen molar-refractivity contribution in [2.24, 2.45) is 0 Å². The third-order valence-corrected chi connectivity index (χ3v) is 2.45.